The number of halogens is 1. The maximum atomic E-state index is 13.8. The van der Waals surface area contributed by atoms with Crippen molar-refractivity contribution in [2.45, 2.75) is 13.0 Å². The summed E-state index contributed by atoms with van der Waals surface area (Å²) in [6, 6.07) is 5.47. The molecule has 25 heavy (non-hydrogen) atoms. The largest absolute Gasteiger partial charge is 0.494 e. The Morgan fingerprint density at radius 3 is 2.92 bits per heavy atom. The molecule has 1 N–H and O–H groups in total. The third-order valence-electron chi connectivity index (χ3n) is 3.95. The average Bonchev–Trinajstić information content (AvgIpc) is 2.60. The molecule has 8 heteroatoms. The van der Waals surface area contributed by atoms with Gasteiger partial charge in [-0.1, -0.05) is 0 Å². The Morgan fingerprint density at radius 2 is 2.24 bits per heavy atom. The van der Waals surface area contributed by atoms with Crippen molar-refractivity contribution in [1.29, 1.82) is 0 Å². The maximum absolute atomic E-state index is 13.8. The van der Waals surface area contributed by atoms with Crippen LogP contribution < -0.4 is 10.3 Å². The second-order valence-electron chi connectivity index (χ2n) is 5.73. The number of aromatic nitrogens is 2. The first kappa shape index (κ1) is 17.1. The highest BCUT2D eigenvalue weighted by molar-refractivity contribution is 5.94. The van der Waals surface area contributed by atoms with Gasteiger partial charge in [0.25, 0.3) is 11.5 Å². The zero-order valence-electron chi connectivity index (χ0n) is 13.9. The number of H-pyrrole nitrogens is 1. The van der Waals surface area contributed by atoms with Crippen LogP contribution in [0.5, 0.6) is 5.75 Å². The molecule has 1 unspecified atom stereocenters. The van der Waals surface area contributed by atoms with Crippen LogP contribution in [0.2, 0.25) is 0 Å². The second-order valence-corrected chi connectivity index (χ2v) is 5.73. The molecule has 0 saturated carbocycles. The van der Waals surface area contributed by atoms with Crippen LogP contribution in [-0.4, -0.2) is 47.6 Å². The molecule has 1 aliphatic rings. The van der Waals surface area contributed by atoms with Crippen LogP contribution in [0, 0.1) is 12.7 Å². The SMILES string of the molecule is COc1ccc(C(=O)N2CCOC(c3nc(C)cc(=O)[nH]3)C2)cc1F. The zero-order valence-corrected chi connectivity index (χ0v) is 13.9. The standard InChI is InChI=1S/C17H18FN3O4/c1-10-7-15(22)20-16(19-10)14-9-21(5-6-25-14)17(23)11-3-4-13(24-2)12(18)8-11/h3-4,7-8,14H,5-6,9H2,1-2H3,(H,19,20,22). The van der Waals surface area contributed by atoms with Gasteiger partial charge >= 0.3 is 0 Å². The van der Waals surface area contributed by atoms with Crippen molar-refractivity contribution < 1.29 is 18.7 Å². The number of ether oxygens (including phenoxy) is 2. The lowest BCUT2D eigenvalue weighted by molar-refractivity contribution is -0.0269. The van der Waals surface area contributed by atoms with Gasteiger partial charge in [0.05, 0.1) is 20.3 Å². The van der Waals surface area contributed by atoms with Gasteiger partial charge < -0.3 is 19.4 Å². The number of benzene rings is 1. The number of carbonyl (C=O) groups excluding carboxylic acids is 1. The molecule has 0 bridgehead atoms. The number of nitrogens with one attached hydrogen (secondary N) is 1. The van der Waals surface area contributed by atoms with Crippen LogP contribution in [0.15, 0.2) is 29.1 Å². The van der Waals surface area contributed by atoms with Crippen LogP contribution in [0.25, 0.3) is 0 Å². The molecule has 0 aliphatic carbocycles. The first-order chi connectivity index (χ1) is 12.0. The van der Waals surface area contributed by atoms with E-state index in [1.54, 1.807) is 11.8 Å². The molecular weight excluding hydrogens is 329 g/mol. The van der Waals surface area contributed by atoms with Gasteiger partial charge in [-0.05, 0) is 25.1 Å². The van der Waals surface area contributed by atoms with E-state index in [2.05, 4.69) is 9.97 Å². The van der Waals surface area contributed by atoms with E-state index in [1.807, 2.05) is 0 Å². The lowest BCUT2D eigenvalue weighted by atomic mass is 10.1. The molecule has 132 valence electrons. The highest BCUT2D eigenvalue weighted by Gasteiger charge is 2.28. The third-order valence-corrected chi connectivity index (χ3v) is 3.95. The molecule has 0 radical (unpaired) electrons. The lowest BCUT2D eigenvalue weighted by Gasteiger charge is -2.32. The molecule has 1 aliphatic heterocycles. The highest BCUT2D eigenvalue weighted by atomic mass is 19.1. The summed E-state index contributed by atoms with van der Waals surface area (Å²) in [4.78, 5) is 32.7. The van der Waals surface area contributed by atoms with E-state index in [4.69, 9.17) is 9.47 Å². The normalized spacial score (nSPS) is 17.4. The summed E-state index contributed by atoms with van der Waals surface area (Å²) < 4.78 is 24.3. The average molecular weight is 347 g/mol. The van der Waals surface area contributed by atoms with Crippen molar-refractivity contribution in [2.75, 3.05) is 26.8 Å². The first-order valence-electron chi connectivity index (χ1n) is 7.80. The molecule has 2 heterocycles. The molecule has 2 aromatic rings. The third kappa shape index (κ3) is 3.69. The van der Waals surface area contributed by atoms with E-state index in [9.17, 15) is 14.0 Å². The number of hydrogen-bond acceptors (Lipinski definition) is 5. The Morgan fingerprint density at radius 1 is 1.44 bits per heavy atom. The topological polar surface area (TPSA) is 84.5 Å². The monoisotopic (exact) mass is 347 g/mol. The van der Waals surface area contributed by atoms with Crippen molar-refractivity contribution in [3.63, 3.8) is 0 Å². The predicted octanol–water partition coefficient (Wildman–Crippen LogP) is 1.44. The summed E-state index contributed by atoms with van der Waals surface area (Å²) >= 11 is 0. The molecule has 1 saturated heterocycles. The number of aryl methyl sites for hydroxylation is 1. The maximum Gasteiger partial charge on any atom is 0.254 e. The minimum absolute atomic E-state index is 0.0814. The van der Waals surface area contributed by atoms with Gasteiger partial charge in [0.2, 0.25) is 0 Å². The second kappa shape index (κ2) is 7.02. The zero-order chi connectivity index (χ0) is 18.0. The predicted molar refractivity (Wildman–Crippen MR) is 87.1 cm³/mol. The summed E-state index contributed by atoms with van der Waals surface area (Å²) in [5.41, 5.74) is 0.527. The van der Waals surface area contributed by atoms with Crippen LogP contribution in [0.1, 0.15) is 28.0 Å². The van der Waals surface area contributed by atoms with Gasteiger partial charge in [0.1, 0.15) is 11.9 Å². The molecule has 7 nitrogen and oxygen atoms in total. The number of amides is 1. The van der Waals surface area contributed by atoms with Crippen molar-refractivity contribution in [3.8, 4) is 5.75 Å². The Labute approximate surface area is 143 Å². The summed E-state index contributed by atoms with van der Waals surface area (Å²) in [5.74, 6) is -0.450. The van der Waals surface area contributed by atoms with Crippen molar-refractivity contribution in [3.05, 3.63) is 57.5 Å². The number of rotatable bonds is 3. The van der Waals surface area contributed by atoms with E-state index in [1.165, 1.54) is 25.3 Å². The molecule has 1 aromatic heterocycles. The Balaban J connectivity index is 1.79. The van der Waals surface area contributed by atoms with Gasteiger partial charge in [-0.2, -0.15) is 0 Å². The van der Waals surface area contributed by atoms with E-state index in [0.29, 0.717) is 24.7 Å². The fourth-order valence-corrected chi connectivity index (χ4v) is 2.74. The summed E-state index contributed by atoms with van der Waals surface area (Å²) in [6.07, 6.45) is -0.534. The molecule has 1 fully saturated rings. The van der Waals surface area contributed by atoms with Crippen molar-refractivity contribution in [2.24, 2.45) is 0 Å². The van der Waals surface area contributed by atoms with E-state index in [-0.39, 0.29) is 29.3 Å². The highest BCUT2D eigenvalue weighted by Crippen LogP contribution is 2.22. The summed E-state index contributed by atoms with van der Waals surface area (Å²) in [5, 5.41) is 0. The van der Waals surface area contributed by atoms with Gasteiger partial charge in [0, 0.05) is 23.9 Å². The number of methoxy groups -OCH3 is 1. The summed E-state index contributed by atoms with van der Waals surface area (Å²) in [6.45, 7) is 2.61. The molecule has 3 rings (SSSR count). The Bertz CT molecular complexity index is 852. The number of hydrogen-bond donors (Lipinski definition) is 1. The van der Waals surface area contributed by atoms with E-state index in [0.717, 1.165) is 6.07 Å². The van der Waals surface area contributed by atoms with Crippen LogP contribution in [0.4, 0.5) is 4.39 Å². The van der Waals surface area contributed by atoms with E-state index >= 15 is 0 Å². The fourth-order valence-electron chi connectivity index (χ4n) is 2.74. The van der Waals surface area contributed by atoms with Gasteiger partial charge in [0.15, 0.2) is 11.6 Å². The Hall–Kier alpha value is -2.74. The van der Waals surface area contributed by atoms with Crippen molar-refractivity contribution in [1.82, 2.24) is 14.9 Å². The quantitative estimate of drug-likeness (QED) is 0.908. The number of carbonyl (C=O) groups is 1. The van der Waals surface area contributed by atoms with Crippen LogP contribution in [-0.2, 0) is 4.74 Å². The van der Waals surface area contributed by atoms with Crippen LogP contribution >= 0.6 is 0 Å². The van der Waals surface area contributed by atoms with Crippen molar-refractivity contribution >= 4 is 5.91 Å². The molecule has 0 spiro atoms. The lowest BCUT2D eigenvalue weighted by Crippen LogP contribution is -2.43. The van der Waals surface area contributed by atoms with Gasteiger partial charge in [-0.3, -0.25) is 9.59 Å². The minimum Gasteiger partial charge on any atom is -0.494 e. The fraction of sp³-hybridized carbons (Fsp3) is 0.353. The summed E-state index contributed by atoms with van der Waals surface area (Å²) in [7, 11) is 1.36. The molecular formula is C17H18FN3O4. The van der Waals surface area contributed by atoms with Crippen LogP contribution in [0.3, 0.4) is 0 Å². The number of nitrogens with zero attached hydrogens (tertiary/aromatic N) is 2. The molecule has 1 aromatic carbocycles. The van der Waals surface area contributed by atoms with Gasteiger partial charge in [-0.25, -0.2) is 9.37 Å². The van der Waals surface area contributed by atoms with Gasteiger partial charge in [-0.15, -0.1) is 0 Å². The first-order valence-corrected chi connectivity index (χ1v) is 7.80. The number of morpholine rings is 1. The minimum atomic E-state index is -0.595. The number of aromatic amines is 1. The van der Waals surface area contributed by atoms with E-state index < -0.39 is 11.9 Å². The Kier molecular flexibility index (Phi) is 4.80. The molecule has 1 amide bonds. The molecule has 1 atom stereocenters. The smallest absolute Gasteiger partial charge is 0.254 e.